The van der Waals surface area contributed by atoms with E-state index in [1.165, 1.54) is 37.3 Å². The highest BCUT2D eigenvalue weighted by Gasteiger charge is 2.27. The summed E-state index contributed by atoms with van der Waals surface area (Å²) >= 11 is 1.88. The Bertz CT molecular complexity index is 1190. The zero-order chi connectivity index (χ0) is 30.9. The molecule has 1 amide bonds. The minimum Gasteiger partial charge on any atom is -0.378 e. The summed E-state index contributed by atoms with van der Waals surface area (Å²) in [5.41, 5.74) is 0.435. The van der Waals surface area contributed by atoms with Gasteiger partial charge < -0.3 is 20.1 Å². The van der Waals surface area contributed by atoms with Crippen LogP contribution in [0.1, 0.15) is 86.9 Å². The van der Waals surface area contributed by atoms with E-state index in [2.05, 4.69) is 17.2 Å². The topological polar surface area (TPSA) is 99.6 Å². The van der Waals surface area contributed by atoms with E-state index in [0.29, 0.717) is 17.3 Å². The van der Waals surface area contributed by atoms with Crippen molar-refractivity contribution in [3.8, 4) is 0 Å². The summed E-state index contributed by atoms with van der Waals surface area (Å²) in [5.74, 6) is -1.02. The molecule has 1 aliphatic heterocycles. The lowest BCUT2D eigenvalue weighted by atomic mass is 9.87. The predicted octanol–water partition coefficient (Wildman–Crippen LogP) is 5.85. The lowest BCUT2D eigenvalue weighted by Crippen LogP contribution is -2.40. The Morgan fingerprint density at radius 2 is 1.76 bits per heavy atom. The molecule has 4 rings (SSSR count). The van der Waals surface area contributed by atoms with Crippen molar-refractivity contribution in [2.45, 2.75) is 83.4 Å². The standard InChI is InChI=1S/C17H23F2NO2.C14H17FN2O2S/c1-11-3-9-14(10-4-11)20-16(22)15(21)12-5-7-13(8-6-12)17(2,18)19;1-10(19)13-8-11(15)9-16-14(13)17(4-5-18)12-2-6-20-7-3-12/h5-8,11,14-15,21H,3-4,9-10H2,1-2H3,(H,20,22);5,8-9,12H,2-4,6-7H2,1H3. The summed E-state index contributed by atoms with van der Waals surface area (Å²) < 4.78 is 39.6. The third-order valence-electron chi connectivity index (χ3n) is 7.73. The van der Waals surface area contributed by atoms with Crippen molar-refractivity contribution < 1.29 is 32.7 Å². The number of nitrogens with zero attached hydrogens (tertiary/aromatic N) is 2. The van der Waals surface area contributed by atoms with Crippen LogP contribution in [0, 0.1) is 11.7 Å². The Balaban J connectivity index is 0.000000231. The number of hydrogen-bond acceptors (Lipinski definition) is 7. The van der Waals surface area contributed by atoms with E-state index in [1.54, 1.807) is 0 Å². The molecule has 1 saturated heterocycles. The minimum atomic E-state index is -2.93. The summed E-state index contributed by atoms with van der Waals surface area (Å²) in [6.45, 7) is 4.57. The Morgan fingerprint density at radius 1 is 1.14 bits per heavy atom. The SMILES string of the molecule is CC(=O)c1cc(F)cnc1N(CC=O)C1CCSCC1.CC1CCC(NC(=O)C(O)c2ccc(C(C)(F)F)cc2)CC1. The van der Waals surface area contributed by atoms with Crippen LogP contribution in [0.3, 0.4) is 0 Å². The van der Waals surface area contributed by atoms with E-state index in [4.69, 9.17) is 0 Å². The molecule has 2 fully saturated rings. The van der Waals surface area contributed by atoms with Crippen molar-refractivity contribution in [1.82, 2.24) is 10.3 Å². The average Bonchev–Trinajstić information content (AvgIpc) is 2.97. The van der Waals surface area contributed by atoms with Crippen LogP contribution in [-0.4, -0.2) is 58.2 Å². The fraction of sp³-hybridized carbons (Fsp3) is 0.548. The first kappa shape index (κ1) is 33.6. The smallest absolute Gasteiger partial charge is 0.270 e. The first-order valence-corrected chi connectivity index (χ1v) is 15.5. The number of anilines is 1. The molecule has 2 heterocycles. The molecule has 1 atom stereocenters. The van der Waals surface area contributed by atoms with Gasteiger partial charge in [0.05, 0.1) is 18.3 Å². The van der Waals surface area contributed by atoms with Gasteiger partial charge >= 0.3 is 0 Å². The third-order valence-corrected chi connectivity index (χ3v) is 8.78. The Kier molecular flexibility index (Phi) is 12.4. The maximum Gasteiger partial charge on any atom is 0.270 e. The number of thioether (sulfide) groups is 1. The third kappa shape index (κ3) is 9.55. The molecular weight excluding hydrogens is 567 g/mol. The summed E-state index contributed by atoms with van der Waals surface area (Å²) in [7, 11) is 0. The summed E-state index contributed by atoms with van der Waals surface area (Å²) in [5, 5.41) is 12.9. The molecule has 1 unspecified atom stereocenters. The van der Waals surface area contributed by atoms with Gasteiger partial charge in [-0.15, -0.1) is 0 Å². The molecule has 230 valence electrons. The van der Waals surface area contributed by atoms with Crippen molar-refractivity contribution in [2.75, 3.05) is 23.0 Å². The van der Waals surface area contributed by atoms with Gasteiger partial charge in [-0.25, -0.2) is 18.2 Å². The number of rotatable bonds is 9. The molecule has 2 aliphatic rings. The second kappa shape index (κ2) is 15.5. The number of aromatic nitrogens is 1. The first-order chi connectivity index (χ1) is 19.9. The monoisotopic (exact) mass is 607 g/mol. The van der Waals surface area contributed by atoms with Crippen molar-refractivity contribution in [3.63, 3.8) is 0 Å². The number of amides is 1. The fourth-order valence-electron chi connectivity index (χ4n) is 5.20. The van der Waals surface area contributed by atoms with E-state index in [9.17, 15) is 32.7 Å². The number of carbonyl (C=O) groups excluding carboxylic acids is 3. The van der Waals surface area contributed by atoms with Gasteiger partial charge in [-0.05, 0) is 74.5 Å². The maximum atomic E-state index is 13.3. The number of aldehydes is 1. The molecule has 42 heavy (non-hydrogen) atoms. The molecule has 1 aromatic heterocycles. The van der Waals surface area contributed by atoms with Crippen LogP contribution < -0.4 is 10.2 Å². The van der Waals surface area contributed by atoms with Crippen molar-refractivity contribution in [1.29, 1.82) is 0 Å². The summed E-state index contributed by atoms with van der Waals surface area (Å²) in [6.07, 6.45) is 6.43. The molecule has 1 saturated carbocycles. The highest BCUT2D eigenvalue weighted by atomic mass is 32.2. The maximum absolute atomic E-state index is 13.3. The van der Waals surface area contributed by atoms with Crippen LogP contribution in [0.15, 0.2) is 36.5 Å². The first-order valence-electron chi connectivity index (χ1n) is 14.3. The Labute approximate surface area is 249 Å². The highest BCUT2D eigenvalue weighted by Crippen LogP contribution is 2.29. The number of aliphatic hydroxyl groups is 1. The molecule has 1 aromatic carbocycles. The zero-order valence-corrected chi connectivity index (χ0v) is 25.1. The highest BCUT2D eigenvalue weighted by molar-refractivity contribution is 7.99. The molecular formula is C31H40F3N3O4S. The number of aliphatic hydroxyl groups excluding tert-OH is 1. The van der Waals surface area contributed by atoms with E-state index in [-0.39, 0.29) is 35.5 Å². The van der Waals surface area contributed by atoms with Crippen LogP contribution in [0.4, 0.5) is 19.0 Å². The van der Waals surface area contributed by atoms with E-state index in [1.807, 2.05) is 16.7 Å². The van der Waals surface area contributed by atoms with Crippen LogP contribution >= 0.6 is 11.8 Å². The molecule has 7 nitrogen and oxygen atoms in total. The molecule has 2 N–H and O–H groups in total. The number of nitrogens with one attached hydrogen (secondary N) is 1. The molecule has 11 heteroatoms. The van der Waals surface area contributed by atoms with Crippen LogP contribution in [0.25, 0.3) is 0 Å². The number of Topliss-reactive ketones (excluding diaryl/α,β-unsaturated/α-hetero) is 1. The zero-order valence-electron chi connectivity index (χ0n) is 24.3. The van der Waals surface area contributed by atoms with Crippen LogP contribution in [0.2, 0.25) is 0 Å². The number of ketones is 1. The molecule has 0 radical (unpaired) electrons. The minimum absolute atomic E-state index is 0.0950. The molecule has 2 aromatic rings. The Hall–Kier alpha value is -2.92. The lowest BCUT2D eigenvalue weighted by molar-refractivity contribution is -0.130. The van der Waals surface area contributed by atoms with E-state index in [0.717, 1.165) is 69.4 Å². The van der Waals surface area contributed by atoms with Crippen molar-refractivity contribution in [2.24, 2.45) is 5.92 Å². The van der Waals surface area contributed by atoms with Gasteiger partial charge in [0.1, 0.15) is 17.9 Å². The summed E-state index contributed by atoms with van der Waals surface area (Å²) in [6, 6.07) is 6.71. The van der Waals surface area contributed by atoms with E-state index >= 15 is 0 Å². The largest absolute Gasteiger partial charge is 0.378 e. The molecule has 0 bridgehead atoms. The number of benzene rings is 1. The number of halogens is 3. The van der Waals surface area contributed by atoms with Gasteiger partial charge in [0.25, 0.3) is 11.8 Å². The normalized spacial score (nSPS) is 20.1. The summed E-state index contributed by atoms with van der Waals surface area (Å²) in [4.78, 5) is 40.6. The fourth-order valence-corrected chi connectivity index (χ4v) is 6.28. The molecule has 0 spiro atoms. The second-order valence-corrected chi connectivity index (χ2v) is 12.3. The van der Waals surface area contributed by atoms with Gasteiger partial charge in [-0.2, -0.15) is 11.8 Å². The lowest BCUT2D eigenvalue weighted by Gasteiger charge is -2.34. The number of carbonyl (C=O) groups is 3. The average molecular weight is 608 g/mol. The number of alkyl halides is 2. The second-order valence-electron chi connectivity index (χ2n) is 11.1. The van der Waals surface area contributed by atoms with Crippen molar-refractivity contribution >= 4 is 35.6 Å². The van der Waals surface area contributed by atoms with Gasteiger partial charge in [0.15, 0.2) is 11.9 Å². The Morgan fingerprint density at radius 3 is 2.31 bits per heavy atom. The number of hydrogen-bond donors (Lipinski definition) is 2. The van der Waals surface area contributed by atoms with Crippen molar-refractivity contribution in [3.05, 3.63) is 59.0 Å². The molecule has 1 aliphatic carbocycles. The van der Waals surface area contributed by atoms with Crippen LogP contribution in [0.5, 0.6) is 0 Å². The van der Waals surface area contributed by atoms with Gasteiger partial charge in [-0.3, -0.25) is 9.59 Å². The van der Waals surface area contributed by atoms with E-state index < -0.39 is 23.8 Å². The van der Waals surface area contributed by atoms with Gasteiger partial charge in [0, 0.05) is 24.6 Å². The van der Waals surface area contributed by atoms with Gasteiger partial charge in [0.2, 0.25) is 0 Å². The quantitative estimate of drug-likeness (QED) is 0.273. The van der Waals surface area contributed by atoms with Gasteiger partial charge in [-0.1, -0.05) is 31.2 Å². The van der Waals surface area contributed by atoms with Crippen LogP contribution in [-0.2, 0) is 15.5 Å². The number of pyridine rings is 1. The predicted molar refractivity (Wildman–Crippen MR) is 158 cm³/mol.